The van der Waals surface area contributed by atoms with Gasteiger partial charge in [-0.2, -0.15) is 10.2 Å². The van der Waals surface area contributed by atoms with Crippen LogP contribution < -0.4 is 4.72 Å². The highest BCUT2D eigenvalue weighted by atomic mass is 32.2. The molecule has 2 heterocycles. The van der Waals surface area contributed by atoms with Gasteiger partial charge in [-0.05, 0) is 13.0 Å². The summed E-state index contributed by atoms with van der Waals surface area (Å²) in [6, 6.07) is 7.88. The molecule has 0 aliphatic carbocycles. The summed E-state index contributed by atoms with van der Waals surface area (Å²) in [5.41, 5.74) is 0.992. The van der Waals surface area contributed by atoms with Gasteiger partial charge in [0.2, 0.25) is 0 Å². The van der Waals surface area contributed by atoms with Crippen LogP contribution in [0.1, 0.15) is 11.3 Å². The Labute approximate surface area is 138 Å². The van der Waals surface area contributed by atoms with Crippen molar-refractivity contribution in [1.29, 1.82) is 0 Å². The molecule has 0 aliphatic rings. The summed E-state index contributed by atoms with van der Waals surface area (Å²) in [5.74, 6) is -0.171. The monoisotopic (exact) mass is 349 g/mol. The minimum atomic E-state index is -3.77. The van der Waals surface area contributed by atoms with E-state index >= 15 is 0 Å². The van der Waals surface area contributed by atoms with Crippen LogP contribution in [0.15, 0.2) is 47.6 Å². The summed E-state index contributed by atoms with van der Waals surface area (Å²) in [6.45, 7) is 1.87. The Bertz CT molecular complexity index is 977. The van der Waals surface area contributed by atoms with E-state index in [1.807, 2.05) is 0 Å². The second-order valence-corrected chi connectivity index (χ2v) is 6.96. The molecule has 0 unspecified atom stereocenters. The molecular weight excluding hydrogens is 333 g/mol. The number of anilines is 1. The smallest absolute Gasteiger partial charge is 0.266 e. The van der Waals surface area contributed by atoms with Crippen molar-refractivity contribution >= 4 is 15.8 Å². The van der Waals surface area contributed by atoms with Crippen LogP contribution in [-0.2, 0) is 23.6 Å². The first-order valence-electron chi connectivity index (χ1n) is 7.15. The molecule has 0 saturated heterocycles. The SMILES string of the molecule is Cc1c(S(=O)(=O)Nc2ccn(Cc3ccccc3F)n2)cnn1C. The van der Waals surface area contributed by atoms with Crippen LogP contribution in [0.4, 0.5) is 10.2 Å². The summed E-state index contributed by atoms with van der Waals surface area (Å²) in [7, 11) is -2.11. The molecule has 0 amide bonds. The van der Waals surface area contributed by atoms with E-state index in [1.54, 1.807) is 38.4 Å². The van der Waals surface area contributed by atoms with Crippen molar-refractivity contribution in [3.8, 4) is 0 Å². The Kier molecular flexibility index (Phi) is 4.10. The maximum absolute atomic E-state index is 13.7. The molecule has 126 valence electrons. The Balaban J connectivity index is 1.79. The van der Waals surface area contributed by atoms with Crippen LogP contribution in [0.2, 0.25) is 0 Å². The van der Waals surface area contributed by atoms with E-state index in [2.05, 4.69) is 14.9 Å². The van der Waals surface area contributed by atoms with E-state index < -0.39 is 10.0 Å². The highest BCUT2D eigenvalue weighted by molar-refractivity contribution is 7.92. The zero-order valence-corrected chi connectivity index (χ0v) is 14.0. The number of aromatic nitrogens is 4. The van der Waals surface area contributed by atoms with Gasteiger partial charge >= 0.3 is 0 Å². The van der Waals surface area contributed by atoms with E-state index in [0.29, 0.717) is 11.3 Å². The number of rotatable bonds is 5. The molecule has 1 aromatic carbocycles. The summed E-state index contributed by atoms with van der Waals surface area (Å²) < 4.78 is 43.8. The molecule has 0 saturated carbocycles. The van der Waals surface area contributed by atoms with Gasteiger partial charge in [0.05, 0.1) is 18.4 Å². The molecule has 3 rings (SSSR count). The van der Waals surface area contributed by atoms with Crippen molar-refractivity contribution in [2.75, 3.05) is 4.72 Å². The summed E-state index contributed by atoms with van der Waals surface area (Å²) >= 11 is 0. The highest BCUT2D eigenvalue weighted by Gasteiger charge is 2.21. The normalized spacial score (nSPS) is 11.6. The van der Waals surface area contributed by atoms with E-state index in [4.69, 9.17) is 0 Å². The summed E-state index contributed by atoms with van der Waals surface area (Å²) in [6.07, 6.45) is 2.87. The molecular formula is C15H16FN5O2S. The minimum Gasteiger partial charge on any atom is -0.272 e. The lowest BCUT2D eigenvalue weighted by atomic mass is 10.2. The Morgan fingerprint density at radius 1 is 1.25 bits per heavy atom. The van der Waals surface area contributed by atoms with Gasteiger partial charge in [-0.25, -0.2) is 12.8 Å². The van der Waals surface area contributed by atoms with Crippen LogP contribution in [0.3, 0.4) is 0 Å². The summed E-state index contributed by atoms with van der Waals surface area (Å²) in [4.78, 5) is 0.0913. The number of benzene rings is 1. The van der Waals surface area contributed by atoms with Crippen LogP contribution in [0.5, 0.6) is 0 Å². The maximum Gasteiger partial charge on any atom is 0.266 e. The van der Waals surface area contributed by atoms with Crippen LogP contribution >= 0.6 is 0 Å². The van der Waals surface area contributed by atoms with Crippen molar-refractivity contribution in [3.05, 3.63) is 59.8 Å². The van der Waals surface area contributed by atoms with Gasteiger partial charge in [-0.15, -0.1) is 0 Å². The quantitative estimate of drug-likeness (QED) is 0.763. The molecule has 0 fully saturated rings. The van der Waals surface area contributed by atoms with Gasteiger partial charge in [-0.3, -0.25) is 14.1 Å². The van der Waals surface area contributed by atoms with Crippen molar-refractivity contribution in [1.82, 2.24) is 19.6 Å². The second kappa shape index (κ2) is 6.08. The number of nitrogens with one attached hydrogen (secondary N) is 1. The first-order valence-corrected chi connectivity index (χ1v) is 8.63. The summed E-state index contributed by atoms with van der Waals surface area (Å²) in [5, 5.41) is 8.05. The first-order chi connectivity index (χ1) is 11.4. The van der Waals surface area contributed by atoms with E-state index in [1.165, 1.54) is 27.7 Å². The van der Waals surface area contributed by atoms with Gasteiger partial charge in [0, 0.05) is 24.9 Å². The minimum absolute atomic E-state index is 0.0913. The number of hydrogen-bond acceptors (Lipinski definition) is 4. The van der Waals surface area contributed by atoms with Crippen molar-refractivity contribution < 1.29 is 12.8 Å². The lowest BCUT2D eigenvalue weighted by molar-refractivity contribution is 0.585. The molecule has 7 nitrogen and oxygen atoms in total. The molecule has 9 heteroatoms. The molecule has 0 aliphatic heterocycles. The number of halogens is 1. The largest absolute Gasteiger partial charge is 0.272 e. The third-order valence-electron chi connectivity index (χ3n) is 3.65. The number of sulfonamides is 1. The van der Waals surface area contributed by atoms with Crippen molar-refractivity contribution in [2.24, 2.45) is 7.05 Å². The van der Waals surface area contributed by atoms with E-state index in [-0.39, 0.29) is 23.1 Å². The van der Waals surface area contributed by atoms with E-state index in [0.717, 1.165) is 0 Å². The molecule has 24 heavy (non-hydrogen) atoms. The Morgan fingerprint density at radius 3 is 2.67 bits per heavy atom. The first kappa shape index (κ1) is 16.2. The number of nitrogens with zero attached hydrogens (tertiary/aromatic N) is 4. The van der Waals surface area contributed by atoms with Gasteiger partial charge in [0.1, 0.15) is 10.7 Å². The number of aryl methyl sites for hydroxylation is 1. The van der Waals surface area contributed by atoms with Crippen LogP contribution in [-0.4, -0.2) is 28.0 Å². The van der Waals surface area contributed by atoms with Crippen molar-refractivity contribution in [2.45, 2.75) is 18.4 Å². The molecule has 0 radical (unpaired) electrons. The van der Waals surface area contributed by atoms with Crippen molar-refractivity contribution in [3.63, 3.8) is 0 Å². The average molecular weight is 349 g/mol. The van der Waals surface area contributed by atoms with Crippen LogP contribution in [0.25, 0.3) is 0 Å². The number of hydrogen-bond donors (Lipinski definition) is 1. The standard InChI is InChI=1S/C15H16FN5O2S/c1-11-14(9-17-20(11)2)24(22,23)19-15-7-8-21(18-15)10-12-5-3-4-6-13(12)16/h3-9H,10H2,1-2H3,(H,18,19). The van der Waals surface area contributed by atoms with E-state index in [9.17, 15) is 12.8 Å². The second-order valence-electron chi connectivity index (χ2n) is 5.31. The molecule has 0 spiro atoms. The fraction of sp³-hybridized carbons (Fsp3) is 0.200. The fourth-order valence-corrected chi connectivity index (χ4v) is 3.44. The van der Waals surface area contributed by atoms with Gasteiger partial charge in [0.25, 0.3) is 10.0 Å². The molecule has 3 aromatic rings. The predicted molar refractivity (Wildman–Crippen MR) is 86.5 cm³/mol. The third-order valence-corrected chi connectivity index (χ3v) is 5.11. The average Bonchev–Trinajstić information content (AvgIpc) is 3.09. The molecule has 0 atom stereocenters. The molecule has 1 N–H and O–H groups in total. The fourth-order valence-electron chi connectivity index (χ4n) is 2.24. The third kappa shape index (κ3) is 3.16. The lowest BCUT2D eigenvalue weighted by Crippen LogP contribution is -2.14. The Hall–Kier alpha value is -2.68. The predicted octanol–water partition coefficient (Wildman–Crippen LogP) is 1.91. The molecule has 2 aromatic heterocycles. The lowest BCUT2D eigenvalue weighted by Gasteiger charge is -2.05. The zero-order chi connectivity index (χ0) is 17.3. The molecule has 0 bridgehead atoms. The highest BCUT2D eigenvalue weighted by Crippen LogP contribution is 2.17. The van der Waals surface area contributed by atoms with Gasteiger partial charge in [-0.1, -0.05) is 18.2 Å². The van der Waals surface area contributed by atoms with Gasteiger partial charge in [0.15, 0.2) is 5.82 Å². The van der Waals surface area contributed by atoms with Crippen LogP contribution in [0, 0.1) is 12.7 Å². The zero-order valence-electron chi connectivity index (χ0n) is 13.1. The topological polar surface area (TPSA) is 81.8 Å². The van der Waals surface area contributed by atoms with Gasteiger partial charge < -0.3 is 0 Å². The maximum atomic E-state index is 13.7. The Morgan fingerprint density at radius 2 is 2.00 bits per heavy atom.